The zero-order valence-corrected chi connectivity index (χ0v) is 23.4. The molecule has 40 heavy (non-hydrogen) atoms. The van der Waals surface area contributed by atoms with Crippen LogP contribution in [0.15, 0.2) is 75.9 Å². The van der Waals surface area contributed by atoms with Crippen LogP contribution in [0.3, 0.4) is 0 Å². The predicted molar refractivity (Wildman–Crippen MR) is 158 cm³/mol. The first-order chi connectivity index (χ1) is 19.3. The predicted octanol–water partition coefficient (Wildman–Crippen LogP) is 6.55. The summed E-state index contributed by atoms with van der Waals surface area (Å²) < 4.78 is 10.8. The second-order valence-corrected chi connectivity index (χ2v) is 10.8. The second-order valence-electron chi connectivity index (χ2n) is 10.8. The van der Waals surface area contributed by atoms with Gasteiger partial charge in [-0.25, -0.2) is 0 Å². The van der Waals surface area contributed by atoms with Crippen molar-refractivity contribution in [1.82, 2.24) is 15.0 Å². The average molecular weight is 536 g/mol. The van der Waals surface area contributed by atoms with Gasteiger partial charge in [-0.3, -0.25) is 9.69 Å². The maximum Gasteiger partial charge on any atom is 0.259 e. The van der Waals surface area contributed by atoms with Crippen molar-refractivity contribution >= 4 is 28.3 Å². The summed E-state index contributed by atoms with van der Waals surface area (Å²) in [7, 11) is 2.18. The Hall–Kier alpha value is -4.43. The molecule has 0 unspecified atom stereocenters. The van der Waals surface area contributed by atoms with Gasteiger partial charge in [-0.2, -0.15) is 4.98 Å². The van der Waals surface area contributed by atoms with Crippen molar-refractivity contribution in [1.29, 1.82) is 0 Å². The maximum atomic E-state index is 13.3. The molecule has 0 radical (unpaired) electrons. The molecule has 2 atom stereocenters. The first-order valence-electron chi connectivity index (χ1n) is 13.6. The van der Waals surface area contributed by atoms with Crippen LogP contribution in [0.4, 0.5) is 11.4 Å². The van der Waals surface area contributed by atoms with E-state index >= 15 is 0 Å². The Bertz CT molecular complexity index is 1670. The first kappa shape index (κ1) is 25.8. The highest BCUT2D eigenvalue weighted by Crippen LogP contribution is 2.31. The molecule has 0 bridgehead atoms. The number of benzene rings is 3. The number of carbonyl (C=O) groups excluding carboxylic acids is 1. The Morgan fingerprint density at radius 1 is 0.950 bits per heavy atom. The van der Waals surface area contributed by atoms with Gasteiger partial charge in [0.2, 0.25) is 11.7 Å². The van der Waals surface area contributed by atoms with Crippen LogP contribution in [-0.4, -0.2) is 53.2 Å². The molecule has 1 fully saturated rings. The molecule has 1 saturated heterocycles. The van der Waals surface area contributed by atoms with Gasteiger partial charge in [0, 0.05) is 54.4 Å². The van der Waals surface area contributed by atoms with Crippen molar-refractivity contribution < 1.29 is 13.7 Å². The number of hydrogen-bond acceptors (Lipinski definition) is 7. The van der Waals surface area contributed by atoms with Gasteiger partial charge in [0.15, 0.2) is 0 Å². The van der Waals surface area contributed by atoms with Crippen LogP contribution >= 0.6 is 0 Å². The van der Waals surface area contributed by atoms with Crippen LogP contribution in [0.1, 0.15) is 35.7 Å². The third kappa shape index (κ3) is 4.86. The SMILES string of the molecule is Cc1nc(-c2ccc(-c3ccc(NC(=O)c4coc5ccc(N6C[C@@H](C)N(C)[C@@H](C)C6)cc45)cc3)c(C)c2)no1. The van der Waals surface area contributed by atoms with Gasteiger partial charge in [0.1, 0.15) is 11.8 Å². The van der Waals surface area contributed by atoms with E-state index < -0.39 is 0 Å². The Morgan fingerprint density at radius 2 is 1.68 bits per heavy atom. The lowest BCUT2D eigenvalue weighted by Crippen LogP contribution is -2.55. The number of aromatic nitrogens is 2. The Kier molecular flexibility index (Phi) is 6.64. The molecule has 3 heterocycles. The molecule has 8 nitrogen and oxygen atoms in total. The summed E-state index contributed by atoms with van der Waals surface area (Å²) >= 11 is 0. The van der Waals surface area contributed by atoms with Gasteiger partial charge >= 0.3 is 0 Å². The number of carbonyl (C=O) groups is 1. The van der Waals surface area contributed by atoms with Gasteiger partial charge < -0.3 is 19.2 Å². The number of piperazine rings is 1. The highest BCUT2D eigenvalue weighted by Gasteiger charge is 2.27. The summed E-state index contributed by atoms with van der Waals surface area (Å²) in [6.07, 6.45) is 1.55. The van der Waals surface area contributed by atoms with Crippen LogP contribution in [-0.2, 0) is 0 Å². The van der Waals surface area contributed by atoms with Crippen molar-refractivity contribution in [2.75, 3.05) is 30.4 Å². The minimum Gasteiger partial charge on any atom is -0.463 e. The first-order valence-corrected chi connectivity index (χ1v) is 13.6. The van der Waals surface area contributed by atoms with Crippen LogP contribution in [0, 0.1) is 13.8 Å². The quantitative estimate of drug-likeness (QED) is 0.273. The number of aryl methyl sites for hydroxylation is 2. The number of furan rings is 1. The Morgan fingerprint density at radius 3 is 2.35 bits per heavy atom. The van der Waals surface area contributed by atoms with E-state index in [1.165, 1.54) is 0 Å². The van der Waals surface area contributed by atoms with E-state index in [9.17, 15) is 4.79 Å². The van der Waals surface area contributed by atoms with Crippen molar-refractivity contribution in [2.24, 2.45) is 0 Å². The van der Waals surface area contributed by atoms with E-state index in [1.54, 1.807) is 13.2 Å². The molecule has 5 aromatic rings. The molecule has 8 heteroatoms. The molecule has 1 amide bonds. The van der Waals surface area contributed by atoms with E-state index in [2.05, 4.69) is 77.3 Å². The molecule has 2 aromatic heterocycles. The molecule has 0 spiro atoms. The molecule has 204 valence electrons. The van der Waals surface area contributed by atoms with Crippen molar-refractivity contribution in [2.45, 2.75) is 39.8 Å². The van der Waals surface area contributed by atoms with Crippen LogP contribution in [0.25, 0.3) is 33.5 Å². The molecule has 0 saturated carbocycles. The van der Waals surface area contributed by atoms with Crippen LogP contribution < -0.4 is 10.2 Å². The number of rotatable bonds is 5. The summed E-state index contributed by atoms with van der Waals surface area (Å²) in [5.41, 5.74) is 7.22. The molecule has 3 aromatic carbocycles. The lowest BCUT2D eigenvalue weighted by molar-refractivity contribution is 0.102. The van der Waals surface area contributed by atoms with E-state index in [-0.39, 0.29) is 5.91 Å². The molecule has 0 aliphatic carbocycles. The molecule has 1 aliphatic rings. The van der Waals surface area contributed by atoms with Crippen LogP contribution in [0.5, 0.6) is 0 Å². The number of anilines is 2. The largest absolute Gasteiger partial charge is 0.463 e. The summed E-state index contributed by atoms with van der Waals surface area (Å²) in [5, 5.41) is 7.86. The normalized spacial score (nSPS) is 17.9. The summed E-state index contributed by atoms with van der Waals surface area (Å²) in [6.45, 7) is 10.2. The van der Waals surface area contributed by atoms with Crippen molar-refractivity contribution in [3.8, 4) is 22.5 Å². The summed E-state index contributed by atoms with van der Waals surface area (Å²) in [5.74, 6) is 0.925. The number of fused-ring (bicyclic) bond motifs is 1. The number of nitrogens with one attached hydrogen (secondary N) is 1. The zero-order chi connectivity index (χ0) is 28.0. The summed E-state index contributed by atoms with van der Waals surface area (Å²) in [6, 6.07) is 21.0. The standard InChI is InChI=1S/C32H33N5O3/c1-19-14-24(31-33-22(4)40-35-31)8-12-27(19)23-6-9-25(10-7-23)34-32(38)29-18-39-30-13-11-26(15-28(29)30)37-16-20(2)36(5)21(3)17-37/h6-15,18,20-21H,16-17H2,1-5H3,(H,34,38)/t20-,21+. The third-order valence-electron chi connectivity index (χ3n) is 7.99. The number of hydrogen-bond donors (Lipinski definition) is 1. The lowest BCUT2D eigenvalue weighted by atomic mass is 9.98. The van der Waals surface area contributed by atoms with Gasteiger partial charge in [-0.05, 0) is 80.9 Å². The Balaban J connectivity index is 1.19. The smallest absolute Gasteiger partial charge is 0.259 e. The highest BCUT2D eigenvalue weighted by molar-refractivity contribution is 6.12. The minimum atomic E-state index is -0.195. The second kappa shape index (κ2) is 10.3. The molecular formula is C32H33N5O3. The minimum absolute atomic E-state index is 0.195. The van der Waals surface area contributed by atoms with Gasteiger partial charge in [-0.15, -0.1) is 0 Å². The van der Waals surface area contributed by atoms with Gasteiger partial charge in [0.25, 0.3) is 5.91 Å². The summed E-state index contributed by atoms with van der Waals surface area (Å²) in [4.78, 5) is 22.4. The van der Waals surface area contributed by atoms with Crippen LogP contribution in [0.2, 0.25) is 0 Å². The monoisotopic (exact) mass is 535 g/mol. The molecule has 1 N–H and O–H groups in total. The molecular weight excluding hydrogens is 502 g/mol. The van der Waals surface area contributed by atoms with E-state index in [0.29, 0.717) is 34.9 Å². The third-order valence-corrected chi connectivity index (χ3v) is 7.99. The fourth-order valence-corrected chi connectivity index (χ4v) is 5.48. The molecule has 1 aliphatic heterocycles. The van der Waals surface area contributed by atoms with E-state index in [4.69, 9.17) is 8.94 Å². The number of amides is 1. The zero-order valence-electron chi connectivity index (χ0n) is 23.4. The average Bonchev–Trinajstić information content (AvgIpc) is 3.58. The van der Waals surface area contributed by atoms with Gasteiger partial charge in [0.05, 0.1) is 5.56 Å². The topological polar surface area (TPSA) is 87.6 Å². The highest BCUT2D eigenvalue weighted by atomic mass is 16.5. The van der Waals surface area contributed by atoms with Gasteiger partial charge in [-0.1, -0.05) is 29.4 Å². The van der Waals surface area contributed by atoms with E-state index in [1.807, 2.05) is 36.4 Å². The maximum absolute atomic E-state index is 13.3. The number of likely N-dealkylation sites (N-methyl/N-ethyl adjacent to an activating group) is 1. The van der Waals surface area contributed by atoms with Crippen molar-refractivity contribution in [3.63, 3.8) is 0 Å². The van der Waals surface area contributed by atoms with E-state index in [0.717, 1.165) is 52.1 Å². The Labute approximate surface area is 233 Å². The lowest BCUT2D eigenvalue weighted by Gasteiger charge is -2.43. The number of nitrogens with zero attached hydrogens (tertiary/aromatic N) is 4. The molecule has 6 rings (SSSR count). The van der Waals surface area contributed by atoms with Crippen molar-refractivity contribution in [3.05, 3.63) is 83.9 Å². The fraction of sp³-hybridized carbons (Fsp3) is 0.281. The fourth-order valence-electron chi connectivity index (χ4n) is 5.48.